The fraction of sp³-hybridized carbons (Fsp3) is 0.514. The molecule has 4 atom stereocenters. The standard InChI is InChI=1S/C35H53N7O5/c1-3-5-18-28(33(45)42-30(24-39-35(37)38)31(43)19-12-13-21-47-20-4-2)40-34(46)29(23-26-16-10-7-11-17-26)41-32(44)27(36)22-25-14-8-6-9-15-25/h6-11,14-17,27-30H,3-5,12-13,18-24,36H2,1-2H3,(H,40,46)(H,41,44)(H,42,45)(H4,37,38,39)/t27-,28-,29-,30-/m1/s1. The van der Waals surface area contributed by atoms with Crippen LogP contribution in [0, 0.1) is 5.41 Å². The summed E-state index contributed by atoms with van der Waals surface area (Å²) in [5, 5.41) is 18.5. The fourth-order valence-electron chi connectivity index (χ4n) is 4.90. The summed E-state index contributed by atoms with van der Waals surface area (Å²) in [6.07, 6.45) is 4.62. The smallest absolute Gasteiger partial charge is 0.243 e. The highest BCUT2D eigenvalue weighted by Crippen LogP contribution is 2.09. The lowest BCUT2D eigenvalue weighted by molar-refractivity contribution is -0.133. The summed E-state index contributed by atoms with van der Waals surface area (Å²) in [6, 6.07) is 14.8. The molecular formula is C35H53N7O5. The number of unbranched alkanes of at least 4 members (excludes halogenated alkanes) is 2. The number of guanidine groups is 1. The lowest BCUT2D eigenvalue weighted by Crippen LogP contribution is -2.58. The Labute approximate surface area is 278 Å². The molecule has 2 rings (SSSR count). The summed E-state index contributed by atoms with van der Waals surface area (Å²) < 4.78 is 5.48. The van der Waals surface area contributed by atoms with Crippen LogP contribution in [0.15, 0.2) is 60.7 Å². The molecule has 0 unspecified atom stereocenters. The first-order chi connectivity index (χ1) is 22.6. The Bertz CT molecular complexity index is 1250. The Kier molecular flexibility index (Phi) is 18.4. The highest BCUT2D eigenvalue weighted by Gasteiger charge is 2.30. The van der Waals surface area contributed by atoms with E-state index in [1.807, 2.05) is 74.5 Å². The second-order valence-corrected chi connectivity index (χ2v) is 11.6. The van der Waals surface area contributed by atoms with Gasteiger partial charge in [-0.15, -0.1) is 0 Å². The van der Waals surface area contributed by atoms with E-state index in [1.165, 1.54) is 0 Å². The van der Waals surface area contributed by atoms with Crippen LogP contribution in [0.25, 0.3) is 0 Å². The van der Waals surface area contributed by atoms with E-state index in [0.717, 1.165) is 24.0 Å². The Morgan fingerprint density at radius 1 is 0.723 bits per heavy atom. The molecule has 0 saturated carbocycles. The van der Waals surface area contributed by atoms with Crippen molar-refractivity contribution < 1.29 is 23.9 Å². The number of carbonyl (C=O) groups excluding carboxylic acids is 4. The van der Waals surface area contributed by atoms with E-state index < -0.39 is 41.9 Å². The molecule has 0 aliphatic carbocycles. The molecule has 12 heteroatoms. The van der Waals surface area contributed by atoms with Crippen LogP contribution in [0.5, 0.6) is 0 Å². The number of Topliss-reactive ketones (excluding diaryl/α,β-unsaturated/α-hetero) is 1. The van der Waals surface area contributed by atoms with Gasteiger partial charge in [0.2, 0.25) is 17.7 Å². The maximum atomic E-state index is 13.7. The molecule has 47 heavy (non-hydrogen) atoms. The number of rotatable bonds is 23. The minimum Gasteiger partial charge on any atom is -0.381 e. The molecule has 2 aromatic rings. The molecule has 0 bridgehead atoms. The highest BCUT2D eigenvalue weighted by atomic mass is 16.5. The molecular weight excluding hydrogens is 598 g/mol. The summed E-state index contributed by atoms with van der Waals surface area (Å²) in [4.78, 5) is 53.6. The van der Waals surface area contributed by atoms with Gasteiger partial charge in [0.15, 0.2) is 11.7 Å². The molecule has 2 aromatic carbocycles. The van der Waals surface area contributed by atoms with Crippen molar-refractivity contribution in [3.8, 4) is 0 Å². The summed E-state index contributed by atoms with van der Waals surface area (Å²) in [5.41, 5.74) is 13.4. The van der Waals surface area contributed by atoms with Crippen molar-refractivity contribution in [3.05, 3.63) is 71.8 Å². The van der Waals surface area contributed by atoms with Crippen molar-refractivity contribution in [1.82, 2.24) is 21.3 Å². The number of ketones is 1. The zero-order valence-corrected chi connectivity index (χ0v) is 27.8. The fourth-order valence-corrected chi connectivity index (χ4v) is 4.90. The molecule has 0 radical (unpaired) electrons. The van der Waals surface area contributed by atoms with Crippen LogP contribution in [0.3, 0.4) is 0 Å². The van der Waals surface area contributed by atoms with E-state index in [4.69, 9.17) is 21.6 Å². The molecule has 12 nitrogen and oxygen atoms in total. The molecule has 0 aromatic heterocycles. The Morgan fingerprint density at radius 3 is 1.89 bits per heavy atom. The Balaban J connectivity index is 2.16. The quantitative estimate of drug-likeness (QED) is 0.0538. The van der Waals surface area contributed by atoms with Gasteiger partial charge in [0.25, 0.3) is 0 Å². The van der Waals surface area contributed by atoms with Gasteiger partial charge in [-0.3, -0.25) is 24.6 Å². The highest BCUT2D eigenvalue weighted by molar-refractivity contribution is 5.95. The van der Waals surface area contributed by atoms with Gasteiger partial charge in [0.05, 0.1) is 6.04 Å². The number of carbonyl (C=O) groups is 4. The minimum absolute atomic E-state index is 0.0628. The van der Waals surface area contributed by atoms with Gasteiger partial charge in [0.1, 0.15) is 18.1 Å². The average Bonchev–Trinajstić information content (AvgIpc) is 3.06. The molecule has 0 fully saturated rings. The monoisotopic (exact) mass is 651 g/mol. The zero-order chi connectivity index (χ0) is 34.4. The molecule has 0 aliphatic heterocycles. The van der Waals surface area contributed by atoms with E-state index in [0.29, 0.717) is 45.3 Å². The molecule has 0 heterocycles. The van der Waals surface area contributed by atoms with Gasteiger partial charge < -0.3 is 37.5 Å². The van der Waals surface area contributed by atoms with E-state index in [1.54, 1.807) is 0 Å². The van der Waals surface area contributed by atoms with E-state index in [9.17, 15) is 19.2 Å². The SMILES string of the molecule is CCCC[C@@H](NC(=O)[C@@H](Cc1ccccc1)NC(=O)[C@H](N)Cc1ccccc1)C(=O)N[C@H](CNC(=N)N)C(=O)CCCCOCCC. The van der Waals surface area contributed by atoms with Crippen molar-refractivity contribution in [2.24, 2.45) is 11.5 Å². The first-order valence-corrected chi connectivity index (χ1v) is 16.6. The number of nitrogens with one attached hydrogen (secondary N) is 5. The minimum atomic E-state index is -1.00. The third kappa shape index (κ3) is 15.7. The molecule has 0 saturated heterocycles. The van der Waals surface area contributed by atoms with Crippen LogP contribution in [0.1, 0.15) is 69.9 Å². The molecule has 9 N–H and O–H groups in total. The normalized spacial score (nSPS) is 13.4. The summed E-state index contributed by atoms with van der Waals surface area (Å²) in [5.74, 6) is -2.11. The number of hydrogen-bond acceptors (Lipinski definition) is 7. The van der Waals surface area contributed by atoms with Crippen LogP contribution >= 0.6 is 0 Å². The van der Waals surface area contributed by atoms with Gasteiger partial charge in [0, 0.05) is 32.6 Å². The van der Waals surface area contributed by atoms with Gasteiger partial charge in [-0.05, 0) is 43.2 Å². The molecule has 3 amide bonds. The predicted octanol–water partition coefficient (Wildman–Crippen LogP) is 2.09. The average molecular weight is 652 g/mol. The second-order valence-electron chi connectivity index (χ2n) is 11.6. The molecule has 258 valence electrons. The number of nitrogens with two attached hydrogens (primary N) is 2. The van der Waals surface area contributed by atoms with Crippen molar-refractivity contribution in [2.75, 3.05) is 19.8 Å². The largest absolute Gasteiger partial charge is 0.381 e. The third-order valence-corrected chi connectivity index (χ3v) is 7.54. The van der Waals surface area contributed by atoms with E-state index in [2.05, 4.69) is 21.3 Å². The van der Waals surface area contributed by atoms with Crippen LogP contribution in [-0.4, -0.2) is 73.4 Å². The molecule has 0 spiro atoms. The van der Waals surface area contributed by atoms with Crippen molar-refractivity contribution in [2.45, 2.75) is 95.8 Å². The lowest BCUT2D eigenvalue weighted by atomic mass is 10.0. The Hall–Kier alpha value is -4.29. The van der Waals surface area contributed by atoms with Crippen molar-refractivity contribution in [1.29, 1.82) is 5.41 Å². The van der Waals surface area contributed by atoms with E-state index >= 15 is 0 Å². The van der Waals surface area contributed by atoms with E-state index in [-0.39, 0.29) is 31.1 Å². The van der Waals surface area contributed by atoms with Crippen LogP contribution < -0.4 is 32.7 Å². The second kappa shape index (κ2) is 22.3. The Morgan fingerprint density at radius 2 is 1.30 bits per heavy atom. The summed E-state index contributed by atoms with van der Waals surface area (Å²) >= 11 is 0. The van der Waals surface area contributed by atoms with Gasteiger partial charge in [-0.25, -0.2) is 0 Å². The van der Waals surface area contributed by atoms with Crippen molar-refractivity contribution in [3.63, 3.8) is 0 Å². The van der Waals surface area contributed by atoms with Gasteiger partial charge in [-0.1, -0.05) is 87.4 Å². The first-order valence-electron chi connectivity index (χ1n) is 16.6. The predicted molar refractivity (Wildman–Crippen MR) is 183 cm³/mol. The zero-order valence-electron chi connectivity index (χ0n) is 27.8. The van der Waals surface area contributed by atoms with Gasteiger partial charge >= 0.3 is 0 Å². The third-order valence-electron chi connectivity index (χ3n) is 7.54. The number of amides is 3. The van der Waals surface area contributed by atoms with Crippen LogP contribution in [0.2, 0.25) is 0 Å². The number of hydrogen-bond donors (Lipinski definition) is 7. The van der Waals surface area contributed by atoms with Gasteiger partial charge in [-0.2, -0.15) is 0 Å². The lowest BCUT2D eigenvalue weighted by Gasteiger charge is -2.26. The van der Waals surface area contributed by atoms with Crippen LogP contribution in [-0.2, 0) is 36.8 Å². The maximum Gasteiger partial charge on any atom is 0.243 e. The number of benzene rings is 2. The maximum absolute atomic E-state index is 13.7. The summed E-state index contributed by atoms with van der Waals surface area (Å²) in [6.45, 7) is 5.14. The topological polar surface area (TPSA) is 202 Å². The first kappa shape index (κ1) is 38.9. The number of ether oxygens (including phenoxy) is 1. The summed E-state index contributed by atoms with van der Waals surface area (Å²) in [7, 11) is 0. The molecule has 0 aliphatic rings. The van der Waals surface area contributed by atoms with Crippen molar-refractivity contribution >= 4 is 29.5 Å². The van der Waals surface area contributed by atoms with Crippen LogP contribution in [0.4, 0.5) is 0 Å².